The fourth-order valence-electron chi connectivity index (χ4n) is 2.36. The molecule has 0 saturated heterocycles. The van der Waals surface area contributed by atoms with E-state index < -0.39 is 0 Å². The summed E-state index contributed by atoms with van der Waals surface area (Å²) in [5, 5.41) is 6.27. The van der Waals surface area contributed by atoms with Gasteiger partial charge in [-0.15, -0.1) is 11.3 Å². The molecule has 18 heavy (non-hydrogen) atoms. The molecule has 92 valence electrons. The molecule has 1 atom stereocenters. The minimum Gasteiger partial charge on any atom is -0.384 e. The van der Waals surface area contributed by atoms with E-state index in [-0.39, 0.29) is 11.7 Å². The first kappa shape index (κ1) is 11.4. The second-order valence-electron chi connectivity index (χ2n) is 4.52. The first-order valence-corrected chi connectivity index (χ1v) is 6.88. The summed E-state index contributed by atoms with van der Waals surface area (Å²) >= 11 is 1.60. The predicted octanol–water partition coefficient (Wildman–Crippen LogP) is 2.77. The van der Waals surface area contributed by atoms with Gasteiger partial charge in [0, 0.05) is 17.6 Å². The summed E-state index contributed by atoms with van der Waals surface area (Å²) < 4.78 is 0. The molecule has 4 heteroatoms. The second-order valence-corrected chi connectivity index (χ2v) is 5.58. The van der Waals surface area contributed by atoms with Crippen molar-refractivity contribution in [2.75, 3.05) is 11.9 Å². The van der Waals surface area contributed by atoms with Gasteiger partial charge in [-0.1, -0.05) is 18.2 Å². The number of benzene rings is 1. The number of carbonyl (C=O) groups is 1. The van der Waals surface area contributed by atoms with Crippen molar-refractivity contribution in [1.29, 1.82) is 0 Å². The number of thiazole rings is 1. The van der Waals surface area contributed by atoms with E-state index in [0.717, 1.165) is 22.0 Å². The number of ketones is 1. The summed E-state index contributed by atoms with van der Waals surface area (Å²) in [5.74, 6) is 0.223. The Hall–Kier alpha value is -1.68. The average molecular weight is 258 g/mol. The van der Waals surface area contributed by atoms with Crippen molar-refractivity contribution in [3.63, 3.8) is 0 Å². The van der Waals surface area contributed by atoms with Gasteiger partial charge in [-0.25, -0.2) is 4.98 Å². The second kappa shape index (κ2) is 4.53. The van der Waals surface area contributed by atoms with Crippen LogP contribution in [0.2, 0.25) is 0 Å². The number of hydrogen-bond donors (Lipinski definition) is 1. The number of nitrogens with zero attached hydrogens (tertiary/aromatic N) is 1. The number of fused-ring (bicyclic) bond motifs is 1. The lowest BCUT2D eigenvalue weighted by Gasteiger charge is -2.07. The summed E-state index contributed by atoms with van der Waals surface area (Å²) in [6, 6.07) is 8.03. The van der Waals surface area contributed by atoms with Crippen molar-refractivity contribution >= 4 is 22.8 Å². The lowest BCUT2D eigenvalue weighted by atomic mass is 9.94. The molecular weight excluding hydrogens is 244 g/mol. The molecule has 0 fully saturated rings. The molecule has 0 spiro atoms. The Bertz CT molecular complexity index is 591. The third-order valence-corrected chi connectivity index (χ3v) is 4.07. The largest absolute Gasteiger partial charge is 0.384 e. The fourth-order valence-corrected chi connectivity index (χ4v) is 2.97. The maximum atomic E-state index is 12.3. The SMILES string of the molecule is Cc1nc(CC(=O)C2CNc3ccccc32)cs1. The van der Waals surface area contributed by atoms with Gasteiger partial charge in [0.25, 0.3) is 0 Å². The van der Waals surface area contributed by atoms with Crippen LogP contribution < -0.4 is 5.32 Å². The van der Waals surface area contributed by atoms with E-state index in [0.29, 0.717) is 13.0 Å². The topological polar surface area (TPSA) is 42.0 Å². The molecule has 0 bridgehead atoms. The quantitative estimate of drug-likeness (QED) is 0.920. The number of nitrogens with one attached hydrogen (secondary N) is 1. The lowest BCUT2D eigenvalue weighted by Crippen LogP contribution is -2.17. The van der Waals surface area contributed by atoms with E-state index in [1.165, 1.54) is 0 Å². The van der Waals surface area contributed by atoms with E-state index >= 15 is 0 Å². The number of carbonyl (C=O) groups excluding carboxylic acids is 1. The molecule has 3 rings (SSSR count). The van der Waals surface area contributed by atoms with Gasteiger partial charge in [0.2, 0.25) is 0 Å². The van der Waals surface area contributed by atoms with Crippen LogP contribution in [0, 0.1) is 6.92 Å². The van der Waals surface area contributed by atoms with Gasteiger partial charge in [0.1, 0.15) is 5.78 Å². The van der Waals surface area contributed by atoms with Crippen molar-refractivity contribution < 1.29 is 4.79 Å². The Labute approximate surface area is 110 Å². The fraction of sp³-hybridized carbons (Fsp3) is 0.286. The van der Waals surface area contributed by atoms with Gasteiger partial charge in [0.15, 0.2) is 0 Å². The number of rotatable bonds is 3. The Kier molecular flexibility index (Phi) is 2.88. The third-order valence-electron chi connectivity index (χ3n) is 3.24. The molecule has 0 saturated carbocycles. The normalized spacial score (nSPS) is 17.3. The molecule has 1 aromatic heterocycles. The van der Waals surface area contributed by atoms with Gasteiger partial charge in [-0.2, -0.15) is 0 Å². The molecule has 1 aliphatic rings. The minimum absolute atomic E-state index is 0.0248. The number of Topliss-reactive ketones (excluding diaryl/α,β-unsaturated/α-hetero) is 1. The smallest absolute Gasteiger partial charge is 0.148 e. The van der Waals surface area contributed by atoms with Crippen molar-refractivity contribution in [2.45, 2.75) is 19.3 Å². The van der Waals surface area contributed by atoms with E-state index in [4.69, 9.17) is 0 Å². The summed E-state index contributed by atoms with van der Waals surface area (Å²) in [4.78, 5) is 16.7. The number of anilines is 1. The zero-order valence-electron chi connectivity index (χ0n) is 10.1. The van der Waals surface area contributed by atoms with Crippen LogP contribution in [-0.2, 0) is 11.2 Å². The Morgan fingerprint density at radius 3 is 3.11 bits per heavy atom. The number of hydrogen-bond acceptors (Lipinski definition) is 4. The molecule has 2 aromatic rings. The molecule has 1 unspecified atom stereocenters. The van der Waals surface area contributed by atoms with Gasteiger partial charge < -0.3 is 5.32 Å². The zero-order valence-corrected chi connectivity index (χ0v) is 11.0. The summed E-state index contributed by atoms with van der Waals surface area (Å²) in [7, 11) is 0. The highest BCUT2D eigenvalue weighted by Gasteiger charge is 2.28. The highest BCUT2D eigenvalue weighted by Crippen LogP contribution is 2.32. The Morgan fingerprint density at radius 2 is 2.33 bits per heavy atom. The van der Waals surface area contributed by atoms with Crippen molar-refractivity contribution in [1.82, 2.24) is 4.98 Å². The summed E-state index contributed by atoms with van der Waals surface area (Å²) in [5.41, 5.74) is 3.10. The standard InChI is InChI=1S/C14H14N2OS/c1-9-16-10(8-18-9)6-14(17)12-7-15-13-5-3-2-4-11(12)13/h2-5,8,12,15H,6-7H2,1H3. The molecule has 1 aromatic carbocycles. The van der Waals surface area contributed by atoms with Crippen molar-refractivity contribution in [3.05, 3.63) is 45.9 Å². The van der Waals surface area contributed by atoms with Gasteiger partial charge >= 0.3 is 0 Å². The maximum Gasteiger partial charge on any atom is 0.148 e. The van der Waals surface area contributed by atoms with Crippen LogP contribution in [0.4, 0.5) is 5.69 Å². The van der Waals surface area contributed by atoms with E-state index in [1.807, 2.05) is 36.6 Å². The van der Waals surface area contributed by atoms with Gasteiger partial charge in [-0.05, 0) is 18.6 Å². The van der Waals surface area contributed by atoms with E-state index in [2.05, 4.69) is 10.3 Å². The predicted molar refractivity (Wildman–Crippen MR) is 73.2 cm³/mol. The van der Waals surface area contributed by atoms with Crippen LogP contribution in [0.5, 0.6) is 0 Å². The van der Waals surface area contributed by atoms with Crippen LogP contribution in [-0.4, -0.2) is 17.3 Å². The van der Waals surface area contributed by atoms with Crippen LogP contribution in [0.3, 0.4) is 0 Å². The number of aromatic nitrogens is 1. The maximum absolute atomic E-state index is 12.3. The molecular formula is C14H14N2OS. The monoisotopic (exact) mass is 258 g/mol. The van der Waals surface area contributed by atoms with Crippen LogP contribution in [0.1, 0.15) is 22.2 Å². The van der Waals surface area contributed by atoms with Gasteiger partial charge in [-0.3, -0.25) is 4.79 Å². The minimum atomic E-state index is -0.0248. The first-order chi connectivity index (χ1) is 8.74. The van der Waals surface area contributed by atoms with Crippen LogP contribution in [0.25, 0.3) is 0 Å². The molecule has 0 amide bonds. The highest BCUT2D eigenvalue weighted by atomic mass is 32.1. The number of aryl methyl sites for hydroxylation is 1. The van der Waals surface area contributed by atoms with E-state index in [9.17, 15) is 4.79 Å². The lowest BCUT2D eigenvalue weighted by molar-refractivity contribution is -0.119. The summed E-state index contributed by atoms with van der Waals surface area (Å²) in [6.07, 6.45) is 0.436. The molecule has 0 radical (unpaired) electrons. The zero-order chi connectivity index (χ0) is 12.5. The van der Waals surface area contributed by atoms with Crippen molar-refractivity contribution in [2.24, 2.45) is 0 Å². The third kappa shape index (κ3) is 2.04. The molecule has 3 nitrogen and oxygen atoms in total. The molecule has 1 aliphatic heterocycles. The van der Waals surface area contributed by atoms with Crippen molar-refractivity contribution in [3.8, 4) is 0 Å². The van der Waals surface area contributed by atoms with Gasteiger partial charge in [0.05, 0.1) is 23.0 Å². The average Bonchev–Trinajstić information content (AvgIpc) is 2.95. The van der Waals surface area contributed by atoms with Crippen LogP contribution in [0.15, 0.2) is 29.6 Å². The first-order valence-electron chi connectivity index (χ1n) is 6.00. The van der Waals surface area contributed by atoms with Crippen LogP contribution >= 0.6 is 11.3 Å². The molecule has 2 heterocycles. The van der Waals surface area contributed by atoms with E-state index in [1.54, 1.807) is 11.3 Å². The highest BCUT2D eigenvalue weighted by molar-refractivity contribution is 7.09. The molecule has 0 aliphatic carbocycles. The Morgan fingerprint density at radius 1 is 1.50 bits per heavy atom. The molecule has 1 N–H and O–H groups in total. The number of para-hydroxylation sites is 1. The summed E-state index contributed by atoms with van der Waals surface area (Å²) in [6.45, 7) is 2.67. The Balaban J connectivity index is 1.78.